The first-order valence-electron chi connectivity index (χ1n) is 6.13. The summed E-state index contributed by atoms with van der Waals surface area (Å²) in [4.78, 5) is 27.2. The first-order chi connectivity index (χ1) is 10.0. The van der Waals surface area contributed by atoms with E-state index in [1.165, 1.54) is 18.2 Å². The van der Waals surface area contributed by atoms with Gasteiger partial charge in [0.25, 0.3) is 0 Å². The van der Waals surface area contributed by atoms with Crippen LogP contribution in [0.2, 0.25) is 0 Å². The number of benzene rings is 1. The summed E-state index contributed by atoms with van der Waals surface area (Å²) < 4.78 is 5.25. The zero-order valence-corrected chi connectivity index (χ0v) is 11.3. The van der Waals surface area contributed by atoms with Crippen LogP contribution in [0.3, 0.4) is 0 Å². The van der Waals surface area contributed by atoms with Gasteiger partial charge in [-0.15, -0.1) is 0 Å². The van der Waals surface area contributed by atoms with Crippen LogP contribution in [0.15, 0.2) is 30.5 Å². The molecule has 0 aliphatic carbocycles. The Hall–Kier alpha value is -2.83. The van der Waals surface area contributed by atoms with Crippen LogP contribution in [0.25, 0.3) is 10.8 Å². The summed E-state index contributed by atoms with van der Waals surface area (Å²) in [6, 6.07) is 6.99. The number of aromatic nitrogens is 1. The molecule has 2 rings (SSSR count). The second-order valence-electron chi connectivity index (χ2n) is 4.33. The third kappa shape index (κ3) is 3.19. The molecular weight excluding hydrogens is 276 g/mol. The second kappa shape index (κ2) is 6.08. The third-order valence-electron chi connectivity index (χ3n) is 2.92. The summed E-state index contributed by atoms with van der Waals surface area (Å²) in [7, 11) is 1.53. The van der Waals surface area contributed by atoms with Gasteiger partial charge in [-0.2, -0.15) is 0 Å². The average molecular weight is 290 g/mol. The Morgan fingerprint density at radius 1 is 1.14 bits per heavy atom. The number of carboxylic acids is 2. The highest BCUT2D eigenvalue weighted by Crippen LogP contribution is 2.30. The highest BCUT2D eigenvalue weighted by atomic mass is 16.5. The Labute approximate surface area is 120 Å². The molecule has 0 saturated carbocycles. The third-order valence-corrected chi connectivity index (χ3v) is 2.92. The van der Waals surface area contributed by atoms with E-state index in [9.17, 15) is 9.59 Å². The van der Waals surface area contributed by atoms with Gasteiger partial charge in [0.1, 0.15) is 24.7 Å². The van der Waals surface area contributed by atoms with E-state index in [2.05, 4.69) is 4.98 Å². The van der Waals surface area contributed by atoms with Gasteiger partial charge in [-0.3, -0.25) is 9.59 Å². The van der Waals surface area contributed by atoms with E-state index >= 15 is 0 Å². The maximum absolute atomic E-state index is 10.9. The van der Waals surface area contributed by atoms with Crippen molar-refractivity contribution >= 4 is 28.5 Å². The van der Waals surface area contributed by atoms with E-state index in [-0.39, 0.29) is 0 Å². The van der Waals surface area contributed by atoms with Crippen LogP contribution in [0.1, 0.15) is 0 Å². The molecule has 0 fully saturated rings. The fraction of sp³-hybridized carbons (Fsp3) is 0.214. The summed E-state index contributed by atoms with van der Waals surface area (Å²) in [5.41, 5.74) is 0. The summed E-state index contributed by atoms with van der Waals surface area (Å²) >= 11 is 0. The van der Waals surface area contributed by atoms with Crippen LogP contribution in [0.5, 0.6) is 5.75 Å². The van der Waals surface area contributed by atoms with Crippen molar-refractivity contribution in [3.63, 3.8) is 0 Å². The first kappa shape index (κ1) is 14.6. The van der Waals surface area contributed by atoms with Crippen molar-refractivity contribution in [3.05, 3.63) is 30.5 Å². The standard InChI is InChI=1S/C14H14N2O5/c1-21-11-4-2-3-10-9(11)5-6-15-14(10)16(7-12(17)18)8-13(19)20/h2-6H,7-8H2,1H3,(H,17,18)(H,19,20). The number of fused-ring (bicyclic) bond motifs is 1. The average Bonchev–Trinajstić information content (AvgIpc) is 2.44. The van der Waals surface area contributed by atoms with Gasteiger partial charge in [0, 0.05) is 17.0 Å². The molecule has 0 radical (unpaired) electrons. The predicted molar refractivity (Wildman–Crippen MR) is 75.8 cm³/mol. The van der Waals surface area contributed by atoms with Gasteiger partial charge in [0.05, 0.1) is 7.11 Å². The molecule has 0 atom stereocenters. The number of pyridine rings is 1. The number of carbonyl (C=O) groups is 2. The first-order valence-corrected chi connectivity index (χ1v) is 6.13. The lowest BCUT2D eigenvalue weighted by molar-refractivity contribution is -0.136. The molecule has 1 aromatic heterocycles. The number of methoxy groups -OCH3 is 1. The quantitative estimate of drug-likeness (QED) is 0.825. The van der Waals surface area contributed by atoms with Crippen molar-refractivity contribution in [2.24, 2.45) is 0 Å². The normalized spacial score (nSPS) is 10.3. The van der Waals surface area contributed by atoms with Gasteiger partial charge in [-0.05, 0) is 12.1 Å². The van der Waals surface area contributed by atoms with Crippen LogP contribution < -0.4 is 9.64 Å². The number of nitrogens with zero attached hydrogens (tertiary/aromatic N) is 2. The fourth-order valence-corrected chi connectivity index (χ4v) is 2.13. The number of carboxylic acid groups (broad SMARTS) is 2. The number of ether oxygens (including phenoxy) is 1. The molecule has 7 heteroatoms. The number of anilines is 1. The Balaban J connectivity index is 2.56. The van der Waals surface area contributed by atoms with E-state index < -0.39 is 25.0 Å². The zero-order chi connectivity index (χ0) is 15.4. The monoisotopic (exact) mass is 290 g/mol. The molecule has 21 heavy (non-hydrogen) atoms. The van der Waals surface area contributed by atoms with Crippen molar-refractivity contribution in [2.75, 3.05) is 25.1 Å². The Bertz CT molecular complexity index is 670. The van der Waals surface area contributed by atoms with Crippen LogP contribution in [0, 0.1) is 0 Å². The Morgan fingerprint density at radius 2 is 1.81 bits per heavy atom. The molecule has 0 unspecified atom stereocenters. The fourth-order valence-electron chi connectivity index (χ4n) is 2.13. The minimum Gasteiger partial charge on any atom is -0.496 e. The van der Waals surface area contributed by atoms with E-state index in [1.807, 2.05) is 0 Å². The Morgan fingerprint density at radius 3 is 2.38 bits per heavy atom. The van der Waals surface area contributed by atoms with E-state index in [4.69, 9.17) is 14.9 Å². The van der Waals surface area contributed by atoms with Crippen molar-refractivity contribution in [2.45, 2.75) is 0 Å². The SMILES string of the molecule is COc1cccc2c(N(CC(=O)O)CC(=O)O)nccc12. The largest absolute Gasteiger partial charge is 0.496 e. The molecule has 0 saturated heterocycles. The maximum atomic E-state index is 10.9. The predicted octanol–water partition coefficient (Wildman–Crippen LogP) is 1.22. The second-order valence-corrected chi connectivity index (χ2v) is 4.33. The molecule has 0 bridgehead atoms. The van der Waals surface area contributed by atoms with Crippen molar-refractivity contribution in [1.29, 1.82) is 0 Å². The van der Waals surface area contributed by atoms with Crippen molar-refractivity contribution < 1.29 is 24.5 Å². The lowest BCUT2D eigenvalue weighted by Crippen LogP contribution is -2.35. The molecular formula is C14H14N2O5. The summed E-state index contributed by atoms with van der Waals surface area (Å²) in [5, 5.41) is 19.3. The molecule has 1 heterocycles. The molecule has 0 amide bonds. The highest BCUT2D eigenvalue weighted by Gasteiger charge is 2.18. The van der Waals surface area contributed by atoms with Crippen LogP contribution in [-0.2, 0) is 9.59 Å². The molecule has 110 valence electrons. The molecule has 0 aliphatic rings. The van der Waals surface area contributed by atoms with Crippen molar-refractivity contribution in [1.82, 2.24) is 4.98 Å². The number of hydrogen-bond acceptors (Lipinski definition) is 5. The summed E-state index contributed by atoms with van der Waals surface area (Å²) in [6.07, 6.45) is 1.50. The zero-order valence-electron chi connectivity index (χ0n) is 11.3. The lowest BCUT2D eigenvalue weighted by Gasteiger charge is -2.21. The molecule has 1 aromatic carbocycles. The lowest BCUT2D eigenvalue weighted by atomic mass is 10.1. The van der Waals surface area contributed by atoms with E-state index in [1.54, 1.807) is 24.3 Å². The summed E-state index contributed by atoms with van der Waals surface area (Å²) in [5.74, 6) is -1.34. The van der Waals surface area contributed by atoms with Crippen LogP contribution >= 0.6 is 0 Å². The van der Waals surface area contributed by atoms with Gasteiger partial charge in [0.2, 0.25) is 0 Å². The van der Waals surface area contributed by atoms with Crippen LogP contribution in [0.4, 0.5) is 5.82 Å². The topological polar surface area (TPSA) is 100.0 Å². The maximum Gasteiger partial charge on any atom is 0.323 e. The molecule has 2 aromatic rings. The van der Waals surface area contributed by atoms with Crippen molar-refractivity contribution in [3.8, 4) is 5.75 Å². The van der Waals surface area contributed by atoms with Gasteiger partial charge >= 0.3 is 11.9 Å². The molecule has 2 N–H and O–H groups in total. The molecule has 0 spiro atoms. The van der Waals surface area contributed by atoms with Gasteiger partial charge in [-0.25, -0.2) is 4.98 Å². The van der Waals surface area contributed by atoms with E-state index in [0.29, 0.717) is 17.0 Å². The Kier molecular flexibility index (Phi) is 4.22. The summed E-state index contributed by atoms with van der Waals surface area (Å²) in [6.45, 7) is -0.898. The minimum absolute atomic E-state index is 0.302. The smallest absolute Gasteiger partial charge is 0.323 e. The number of aliphatic carboxylic acids is 2. The molecule has 0 aliphatic heterocycles. The number of rotatable bonds is 6. The highest BCUT2D eigenvalue weighted by molar-refractivity contribution is 5.97. The van der Waals surface area contributed by atoms with Gasteiger partial charge in [-0.1, -0.05) is 12.1 Å². The van der Waals surface area contributed by atoms with Gasteiger partial charge in [0.15, 0.2) is 0 Å². The van der Waals surface area contributed by atoms with Gasteiger partial charge < -0.3 is 19.8 Å². The number of hydrogen-bond donors (Lipinski definition) is 2. The molecule has 7 nitrogen and oxygen atoms in total. The van der Waals surface area contributed by atoms with Crippen LogP contribution in [-0.4, -0.2) is 47.3 Å². The van der Waals surface area contributed by atoms with E-state index in [0.717, 1.165) is 5.39 Å². The minimum atomic E-state index is -1.13.